The summed E-state index contributed by atoms with van der Waals surface area (Å²) < 4.78 is 42.0. The lowest BCUT2D eigenvalue weighted by Gasteiger charge is -2.32. The van der Waals surface area contributed by atoms with Gasteiger partial charge in [-0.1, -0.05) is 190 Å². The molecule has 2 spiro atoms. The van der Waals surface area contributed by atoms with E-state index in [0.29, 0.717) is 13.2 Å². The Morgan fingerprint density at radius 3 is 0.875 bits per heavy atom. The average Bonchev–Trinajstić information content (AvgIpc) is 1.36. The SMILES string of the molecule is CCCCCCCCCCCCOc1ccc2cc(/C=N/NS(=O)(=O)c3ccc(C)cc3)ccc2c1-c1c(OCCCCCCCCCCCC)ccc2cc(C3C45c6c7c8c9c%10c%11c(c%12c%13c4c4c6c6c%14c7c7c8c8c%10c%10c%15c%11c%11c%12c%12c%13c%13c4c4c6c6c%14c%14c7c7c8c%10c8c%10c%15c%11c%11c%12c%12c%13c4c4c6c6c%14c7c8c7c%10c%11c%12c4c67)C935)ccc12. The van der Waals surface area contributed by atoms with Gasteiger partial charge in [0.05, 0.1) is 24.3 Å². The summed E-state index contributed by atoms with van der Waals surface area (Å²) in [5.74, 6) is 1.89. The van der Waals surface area contributed by atoms with E-state index in [1.54, 1.807) is 331 Å². The Balaban J connectivity index is 0.609. The van der Waals surface area contributed by atoms with Crippen molar-refractivity contribution in [2.24, 2.45) is 5.10 Å². The van der Waals surface area contributed by atoms with Crippen LogP contribution >= 0.6 is 0 Å². The van der Waals surface area contributed by atoms with Gasteiger partial charge in [-0.3, -0.25) is 0 Å². The molecule has 562 valence electrons. The van der Waals surface area contributed by atoms with Gasteiger partial charge in [0.25, 0.3) is 10.0 Å². The molecule has 7 heteroatoms. The standard InChI is InChI=1S/C113H70N2O4S/c1-4-6-8-10-12-14-16-18-20-22-36-118-49-34-28-43-38-42(40-114-115-120(116,117)46-30-24-41(3)25-31-46)26-32-47(43)51(49)52-48-33-27-45(39-44(48)29-35-50(52)119-37-23-21-19-17-15-13-11-9-7-5-2)111-112-107-99-91-81-71-63-55-53-54-57-61-59(55)67-75-69(61)79-73-65(57)66-58(54)62-60-56(53)64(63)72-78-68(60)76-70(62)80-74(66)84-83(73)93-87(79)97-89(75)95(85(91)77(67)71)103(107)105(97)109-101(93)102-94(84)88(80)98-90(76)96-86(78)92(82(72)81)100(99)108(112)104(96)106(98)110(102)113(109,111)112/h24-35,38-40,111,115H,4-23,36-37H2,1-3H3/b114-40+. The second kappa shape index (κ2) is 17.8. The molecule has 1 saturated carbocycles. The Morgan fingerprint density at radius 1 is 0.308 bits per heavy atom. The Morgan fingerprint density at radius 2 is 0.575 bits per heavy atom. The van der Waals surface area contributed by atoms with E-state index in [2.05, 4.69) is 84.4 Å². The highest BCUT2D eigenvalue weighted by Crippen LogP contribution is 2.94. The van der Waals surface area contributed by atoms with Crippen LogP contribution in [0.4, 0.5) is 0 Å². The first kappa shape index (κ1) is 59.7. The predicted octanol–water partition coefficient (Wildman–Crippen LogP) is 31.3. The number of fused-ring (bicyclic) bond motifs is 2. The van der Waals surface area contributed by atoms with Crippen LogP contribution in [-0.2, 0) is 20.9 Å². The monoisotopic (exact) mass is 1550 g/mol. The molecule has 0 aromatic heterocycles. The van der Waals surface area contributed by atoms with Gasteiger partial charge < -0.3 is 9.47 Å². The average molecular weight is 1550 g/mol. The van der Waals surface area contributed by atoms with E-state index < -0.39 is 10.0 Å². The van der Waals surface area contributed by atoms with Crippen molar-refractivity contribution in [3.05, 3.63) is 124 Å². The number of aryl methyl sites for hydroxylation is 1. The lowest BCUT2D eigenvalue weighted by molar-refractivity contribution is 0.301. The molecule has 0 heterocycles. The van der Waals surface area contributed by atoms with Crippen molar-refractivity contribution in [2.75, 3.05) is 13.2 Å². The summed E-state index contributed by atoms with van der Waals surface area (Å²) in [6, 6.07) is 30.6. The summed E-state index contributed by atoms with van der Waals surface area (Å²) in [4.78, 5) is 2.71. The minimum atomic E-state index is -3.90. The third kappa shape index (κ3) is 5.08. The van der Waals surface area contributed by atoms with Gasteiger partial charge in [-0.25, -0.2) is 4.83 Å². The lowest BCUT2D eigenvalue weighted by atomic mass is 9.68. The molecule has 0 bridgehead atoms. The first-order valence-electron chi connectivity index (χ1n) is 46.1. The molecule has 38 rings (SSSR count). The van der Waals surface area contributed by atoms with Crippen molar-refractivity contribution >= 4 is 329 Å². The van der Waals surface area contributed by atoms with Crippen LogP contribution in [-0.4, -0.2) is 27.8 Å². The molecular weight excluding hydrogens is 1480 g/mol. The summed E-state index contributed by atoms with van der Waals surface area (Å²) in [7, 11) is -3.90. The van der Waals surface area contributed by atoms with Crippen molar-refractivity contribution in [3.63, 3.8) is 0 Å². The van der Waals surface area contributed by atoms with E-state index in [-0.39, 0.29) is 21.6 Å². The molecule has 0 radical (unpaired) electrons. The molecule has 33 aromatic rings. The van der Waals surface area contributed by atoms with Crippen molar-refractivity contribution < 1.29 is 17.9 Å². The van der Waals surface area contributed by atoms with Crippen molar-refractivity contribution in [1.29, 1.82) is 0 Å². The summed E-state index contributed by atoms with van der Waals surface area (Å²) >= 11 is 0. The number of hydrogen-bond donors (Lipinski definition) is 1. The molecule has 33 aromatic carbocycles. The summed E-state index contributed by atoms with van der Waals surface area (Å²) in [6.45, 7) is 7.83. The molecule has 120 heavy (non-hydrogen) atoms. The maximum atomic E-state index is 13.6. The molecule has 0 aliphatic heterocycles. The number of hydrogen-bond acceptors (Lipinski definition) is 5. The predicted molar refractivity (Wildman–Crippen MR) is 507 cm³/mol. The van der Waals surface area contributed by atoms with Crippen molar-refractivity contribution in [1.82, 2.24) is 4.83 Å². The Hall–Kier alpha value is -11.9. The molecule has 0 atom stereocenters. The number of sulfonamides is 1. The molecule has 5 aliphatic rings. The fourth-order valence-electron chi connectivity index (χ4n) is 33.1. The summed E-state index contributed by atoms with van der Waals surface area (Å²) in [6.07, 6.45) is 26.8. The number of hydrazone groups is 1. The Kier molecular flexibility index (Phi) is 8.87. The van der Waals surface area contributed by atoms with Gasteiger partial charge in [0.1, 0.15) is 11.5 Å². The number of benzene rings is 23. The van der Waals surface area contributed by atoms with E-state index in [1.807, 2.05) is 19.1 Å². The van der Waals surface area contributed by atoms with Gasteiger partial charge in [0.2, 0.25) is 0 Å². The molecule has 6 nitrogen and oxygen atoms in total. The van der Waals surface area contributed by atoms with E-state index in [4.69, 9.17) is 9.47 Å². The highest BCUT2D eigenvalue weighted by molar-refractivity contribution is 7.89. The van der Waals surface area contributed by atoms with Crippen LogP contribution in [0.25, 0.3) is 324 Å². The van der Waals surface area contributed by atoms with Crippen LogP contribution < -0.4 is 14.3 Å². The zero-order valence-corrected chi connectivity index (χ0v) is 67.6. The van der Waals surface area contributed by atoms with Gasteiger partial charge in [-0.2, -0.15) is 13.5 Å². The van der Waals surface area contributed by atoms with Crippen LogP contribution in [0.5, 0.6) is 11.5 Å². The maximum absolute atomic E-state index is 13.6. The van der Waals surface area contributed by atoms with E-state index in [9.17, 15) is 8.42 Å². The Labute approximate surface area is 682 Å². The first-order chi connectivity index (χ1) is 59.4. The normalized spacial score (nSPS) is 18.7. The highest BCUT2D eigenvalue weighted by Gasteiger charge is 2.87. The zero-order chi connectivity index (χ0) is 76.5. The topological polar surface area (TPSA) is 77.0 Å². The number of rotatable bonds is 30. The van der Waals surface area contributed by atoms with Crippen LogP contribution in [0.3, 0.4) is 0 Å². The fourth-order valence-corrected chi connectivity index (χ4v) is 33.9. The summed E-state index contributed by atoms with van der Waals surface area (Å²) in [5, 5.41) is 97.3. The number of unbranched alkanes of at least 4 members (excludes halogenated alkanes) is 18. The minimum absolute atomic E-state index is 0.123. The van der Waals surface area contributed by atoms with Gasteiger partial charge >= 0.3 is 0 Å². The Bertz CT molecular complexity index is 9500. The third-order valence-electron chi connectivity index (χ3n) is 36.1. The van der Waals surface area contributed by atoms with Gasteiger partial charge in [-0.15, -0.1) is 0 Å². The van der Waals surface area contributed by atoms with Crippen LogP contribution in [0.15, 0.2) is 94.9 Å². The molecule has 0 saturated heterocycles. The van der Waals surface area contributed by atoms with E-state index in [0.717, 1.165) is 70.2 Å². The number of nitrogens with one attached hydrogen (secondary N) is 1. The molecular formula is C113H70N2O4S. The molecule has 1 fully saturated rings. The largest absolute Gasteiger partial charge is 0.493 e. The highest BCUT2D eigenvalue weighted by atomic mass is 32.2. The molecule has 0 unspecified atom stereocenters. The van der Waals surface area contributed by atoms with Gasteiger partial charge in [0, 0.05) is 27.9 Å². The van der Waals surface area contributed by atoms with Gasteiger partial charge in [-0.05, 0) is 396 Å². The lowest BCUT2D eigenvalue weighted by Crippen LogP contribution is -2.27. The quantitative estimate of drug-likeness (QED) is 0.0211. The maximum Gasteiger partial charge on any atom is 0.276 e. The smallest absolute Gasteiger partial charge is 0.276 e. The van der Waals surface area contributed by atoms with Crippen LogP contribution in [0, 0.1) is 6.92 Å². The fraction of sp³-hybridized carbons (Fsp3) is 0.248. The number of ether oxygens (including phenoxy) is 2. The minimum Gasteiger partial charge on any atom is -0.493 e. The number of nitrogens with zero attached hydrogens (tertiary/aromatic N) is 1. The van der Waals surface area contributed by atoms with Crippen molar-refractivity contribution in [2.45, 2.75) is 171 Å². The first-order valence-corrected chi connectivity index (χ1v) is 47.6. The zero-order valence-electron chi connectivity index (χ0n) is 66.8. The van der Waals surface area contributed by atoms with E-state index in [1.165, 1.54) is 119 Å². The molecule has 1 N–H and O–H groups in total. The van der Waals surface area contributed by atoms with Crippen LogP contribution in [0.1, 0.15) is 187 Å². The van der Waals surface area contributed by atoms with Crippen LogP contribution in [0.2, 0.25) is 0 Å². The van der Waals surface area contributed by atoms with E-state index >= 15 is 0 Å². The molecule has 0 amide bonds. The second-order valence-corrected chi connectivity index (χ2v) is 42.0. The second-order valence-electron chi connectivity index (χ2n) is 40.4. The van der Waals surface area contributed by atoms with Crippen molar-refractivity contribution in [3.8, 4) is 22.6 Å². The van der Waals surface area contributed by atoms with Gasteiger partial charge in [0.15, 0.2) is 0 Å². The summed E-state index contributed by atoms with van der Waals surface area (Å²) in [5.41, 5.74) is 11.6. The molecule has 5 aliphatic carbocycles. The third-order valence-corrected chi connectivity index (χ3v) is 37.3.